The number of likely N-dealkylation sites (tertiary alicyclic amines) is 1. The van der Waals surface area contributed by atoms with Crippen LogP contribution in [0.5, 0.6) is 0 Å². The van der Waals surface area contributed by atoms with Crippen LogP contribution in [0.4, 0.5) is 0 Å². The third kappa shape index (κ3) is 3.82. The van der Waals surface area contributed by atoms with Gasteiger partial charge < -0.3 is 10.2 Å². The van der Waals surface area contributed by atoms with Crippen LogP contribution in [-0.4, -0.2) is 40.9 Å². The first-order valence-electron chi connectivity index (χ1n) is 7.24. The molecule has 0 aliphatic carbocycles. The number of aromatic nitrogens is 2. The van der Waals surface area contributed by atoms with E-state index >= 15 is 0 Å². The molecule has 2 heterocycles. The molecular weight excluding hydrogens is 224 g/mol. The predicted octanol–water partition coefficient (Wildman–Crippen LogP) is 1.56. The Balaban J connectivity index is 1.68. The fraction of sp³-hybridized carbons (Fsp3) is 0.786. The minimum absolute atomic E-state index is 0.949. The molecule has 0 unspecified atom stereocenters. The Labute approximate surface area is 110 Å². The van der Waals surface area contributed by atoms with Gasteiger partial charge >= 0.3 is 0 Å². The smallest absolute Gasteiger partial charge is 0.0666 e. The molecule has 4 nitrogen and oxygen atoms in total. The number of hydrogen-bond donors (Lipinski definition) is 1. The van der Waals surface area contributed by atoms with E-state index in [1.54, 1.807) is 0 Å². The Kier molecular flexibility index (Phi) is 5.20. The van der Waals surface area contributed by atoms with Crippen LogP contribution in [0, 0.1) is 0 Å². The zero-order chi connectivity index (χ0) is 12.8. The number of hydrogen-bond acceptors (Lipinski definition) is 3. The van der Waals surface area contributed by atoms with Gasteiger partial charge in [0.15, 0.2) is 0 Å². The average Bonchev–Trinajstić information content (AvgIpc) is 2.76. The first-order valence-corrected chi connectivity index (χ1v) is 7.24. The van der Waals surface area contributed by atoms with Crippen molar-refractivity contribution in [3.63, 3.8) is 0 Å². The number of nitrogens with zero attached hydrogens (tertiary/aromatic N) is 3. The lowest BCUT2D eigenvalue weighted by Crippen LogP contribution is -2.35. The SMILES string of the molecule is CCc1nn(C)cc1CNCCN1CCCCC1. The summed E-state index contributed by atoms with van der Waals surface area (Å²) in [5.74, 6) is 0. The molecule has 1 fully saturated rings. The maximum atomic E-state index is 4.46. The second kappa shape index (κ2) is 6.90. The van der Waals surface area contributed by atoms with Gasteiger partial charge in [0, 0.05) is 38.4 Å². The molecule has 2 rings (SSSR count). The summed E-state index contributed by atoms with van der Waals surface area (Å²) in [5.41, 5.74) is 2.57. The summed E-state index contributed by atoms with van der Waals surface area (Å²) >= 11 is 0. The molecule has 0 atom stereocenters. The molecule has 0 amide bonds. The van der Waals surface area contributed by atoms with Crippen molar-refractivity contribution in [2.45, 2.75) is 39.2 Å². The third-order valence-electron chi connectivity index (χ3n) is 3.70. The van der Waals surface area contributed by atoms with Crippen molar-refractivity contribution in [3.05, 3.63) is 17.5 Å². The van der Waals surface area contributed by atoms with E-state index in [1.165, 1.54) is 50.2 Å². The molecule has 1 aromatic heterocycles. The third-order valence-corrected chi connectivity index (χ3v) is 3.70. The number of rotatable bonds is 6. The van der Waals surface area contributed by atoms with Gasteiger partial charge in [-0.3, -0.25) is 4.68 Å². The summed E-state index contributed by atoms with van der Waals surface area (Å²) in [7, 11) is 2.00. The van der Waals surface area contributed by atoms with Crippen LogP contribution in [0.1, 0.15) is 37.4 Å². The lowest BCUT2D eigenvalue weighted by molar-refractivity contribution is 0.229. The number of piperidine rings is 1. The van der Waals surface area contributed by atoms with Crippen LogP contribution < -0.4 is 5.32 Å². The fourth-order valence-electron chi connectivity index (χ4n) is 2.67. The molecule has 0 radical (unpaired) electrons. The van der Waals surface area contributed by atoms with Crippen molar-refractivity contribution in [2.75, 3.05) is 26.2 Å². The zero-order valence-corrected chi connectivity index (χ0v) is 11.8. The van der Waals surface area contributed by atoms with Gasteiger partial charge in [-0.15, -0.1) is 0 Å². The van der Waals surface area contributed by atoms with Gasteiger partial charge in [0.05, 0.1) is 5.69 Å². The molecule has 0 bridgehead atoms. The molecule has 1 aliphatic heterocycles. The first kappa shape index (κ1) is 13.6. The average molecular weight is 250 g/mol. The van der Waals surface area contributed by atoms with Crippen molar-refractivity contribution >= 4 is 0 Å². The van der Waals surface area contributed by atoms with Crippen LogP contribution in [-0.2, 0) is 20.0 Å². The Bertz CT molecular complexity index is 353. The molecular formula is C14H26N4. The van der Waals surface area contributed by atoms with Crippen LogP contribution in [0.3, 0.4) is 0 Å². The van der Waals surface area contributed by atoms with Gasteiger partial charge in [0.25, 0.3) is 0 Å². The quantitative estimate of drug-likeness (QED) is 0.778. The van der Waals surface area contributed by atoms with E-state index in [4.69, 9.17) is 0 Å². The van der Waals surface area contributed by atoms with Crippen molar-refractivity contribution in [1.29, 1.82) is 0 Å². The van der Waals surface area contributed by atoms with E-state index in [-0.39, 0.29) is 0 Å². The minimum Gasteiger partial charge on any atom is -0.311 e. The van der Waals surface area contributed by atoms with Crippen LogP contribution >= 0.6 is 0 Å². The van der Waals surface area contributed by atoms with Gasteiger partial charge in [-0.25, -0.2) is 0 Å². The predicted molar refractivity (Wildman–Crippen MR) is 74.6 cm³/mol. The number of nitrogens with one attached hydrogen (secondary N) is 1. The lowest BCUT2D eigenvalue weighted by Gasteiger charge is -2.26. The molecule has 1 aliphatic rings. The summed E-state index contributed by atoms with van der Waals surface area (Å²) in [5, 5.41) is 8.01. The summed E-state index contributed by atoms with van der Waals surface area (Å²) < 4.78 is 1.92. The highest BCUT2D eigenvalue weighted by atomic mass is 15.3. The zero-order valence-electron chi connectivity index (χ0n) is 11.8. The topological polar surface area (TPSA) is 33.1 Å². The Morgan fingerprint density at radius 1 is 1.28 bits per heavy atom. The molecule has 1 saturated heterocycles. The molecule has 0 spiro atoms. The van der Waals surface area contributed by atoms with Crippen molar-refractivity contribution in [2.24, 2.45) is 7.05 Å². The largest absolute Gasteiger partial charge is 0.311 e. The van der Waals surface area contributed by atoms with Crippen LogP contribution in [0.15, 0.2) is 6.20 Å². The van der Waals surface area contributed by atoms with E-state index in [2.05, 4.69) is 28.4 Å². The monoisotopic (exact) mass is 250 g/mol. The standard InChI is InChI=1S/C14H26N4/c1-3-14-13(12-17(2)16-14)11-15-7-10-18-8-5-4-6-9-18/h12,15H,3-11H2,1-2H3. The van der Waals surface area contributed by atoms with Gasteiger partial charge in [0.1, 0.15) is 0 Å². The second-order valence-corrected chi connectivity index (χ2v) is 5.21. The van der Waals surface area contributed by atoms with E-state index < -0.39 is 0 Å². The maximum Gasteiger partial charge on any atom is 0.0666 e. The van der Waals surface area contributed by atoms with Gasteiger partial charge in [-0.2, -0.15) is 5.10 Å². The van der Waals surface area contributed by atoms with Crippen molar-refractivity contribution in [1.82, 2.24) is 20.0 Å². The summed E-state index contributed by atoms with van der Waals surface area (Å²) in [6, 6.07) is 0. The highest BCUT2D eigenvalue weighted by molar-refractivity contribution is 5.16. The summed E-state index contributed by atoms with van der Waals surface area (Å²) in [4.78, 5) is 2.57. The minimum atomic E-state index is 0.949. The van der Waals surface area contributed by atoms with Gasteiger partial charge in [-0.1, -0.05) is 13.3 Å². The van der Waals surface area contributed by atoms with Crippen molar-refractivity contribution < 1.29 is 0 Å². The summed E-state index contributed by atoms with van der Waals surface area (Å²) in [6.07, 6.45) is 7.32. The fourth-order valence-corrected chi connectivity index (χ4v) is 2.67. The van der Waals surface area contributed by atoms with Crippen LogP contribution in [0.25, 0.3) is 0 Å². The molecule has 0 saturated carbocycles. The van der Waals surface area contributed by atoms with Gasteiger partial charge in [0.2, 0.25) is 0 Å². The first-order chi connectivity index (χ1) is 8.79. The second-order valence-electron chi connectivity index (χ2n) is 5.21. The molecule has 1 aromatic rings. The highest BCUT2D eigenvalue weighted by Gasteiger charge is 2.09. The van der Waals surface area contributed by atoms with E-state index in [9.17, 15) is 0 Å². The molecule has 1 N–H and O–H groups in total. The normalized spacial score (nSPS) is 17.2. The van der Waals surface area contributed by atoms with E-state index in [0.29, 0.717) is 0 Å². The maximum absolute atomic E-state index is 4.46. The Hall–Kier alpha value is -0.870. The Morgan fingerprint density at radius 2 is 2.06 bits per heavy atom. The molecule has 4 heteroatoms. The Morgan fingerprint density at radius 3 is 2.78 bits per heavy atom. The molecule has 18 heavy (non-hydrogen) atoms. The molecule has 102 valence electrons. The lowest BCUT2D eigenvalue weighted by atomic mass is 10.1. The van der Waals surface area contributed by atoms with Gasteiger partial charge in [-0.05, 0) is 32.4 Å². The van der Waals surface area contributed by atoms with E-state index in [1.807, 2.05) is 11.7 Å². The summed E-state index contributed by atoms with van der Waals surface area (Å²) in [6.45, 7) is 7.95. The highest BCUT2D eigenvalue weighted by Crippen LogP contribution is 2.08. The molecule has 0 aromatic carbocycles. The van der Waals surface area contributed by atoms with Crippen molar-refractivity contribution in [3.8, 4) is 0 Å². The van der Waals surface area contributed by atoms with E-state index in [0.717, 1.165) is 19.5 Å². The number of aryl methyl sites for hydroxylation is 2. The van der Waals surface area contributed by atoms with Crippen LogP contribution in [0.2, 0.25) is 0 Å².